The van der Waals surface area contributed by atoms with Crippen molar-refractivity contribution in [1.82, 2.24) is 0 Å². The summed E-state index contributed by atoms with van der Waals surface area (Å²) < 4.78 is 5.22. The fourth-order valence-corrected chi connectivity index (χ4v) is 2.48. The van der Waals surface area contributed by atoms with Crippen LogP contribution in [0.5, 0.6) is 5.75 Å². The molecule has 1 aliphatic heterocycles. The minimum Gasteiger partial charge on any atom is -0.497 e. The minimum atomic E-state index is 0.157. The van der Waals surface area contributed by atoms with Gasteiger partial charge >= 0.3 is 0 Å². The lowest BCUT2D eigenvalue weighted by Crippen LogP contribution is -2.35. The maximum atomic E-state index is 9.47. The van der Waals surface area contributed by atoms with Gasteiger partial charge in [-0.1, -0.05) is 6.92 Å². The van der Waals surface area contributed by atoms with E-state index < -0.39 is 0 Å². The van der Waals surface area contributed by atoms with Crippen LogP contribution in [0.2, 0.25) is 0 Å². The molecule has 1 aliphatic rings. The molecular weight excluding hydrogens is 216 g/mol. The SMILES string of the molecule is COc1ccc(N)c(N2CCC(C)C2CO)c1. The van der Waals surface area contributed by atoms with E-state index in [9.17, 15) is 5.11 Å². The Morgan fingerprint density at radius 2 is 2.29 bits per heavy atom. The highest BCUT2D eigenvalue weighted by molar-refractivity contribution is 5.70. The number of anilines is 2. The first-order valence-corrected chi connectivity index (χ1v) is 5.98. The van der Waals surface area contributed by atoms with E-state index in [1.54, 1.807) is 7.11 Å². The number of nitrogen functional groups attached to an aromatic ring is 1. The Morgan fingerprint density at radius 1 is 1.53 bits per heavy atom. The van der Waals surface area contributed by atoms with E-state index in [1.165, 1.54) is 0 Å². The van der Waals surface area contributed by atoms with Crippen LogP contribution in [0.1, 0.15) is 13.3 Å². The van der Waals surface area contributed by atoms with E-state index in [0.717, 1.165) is 30.1 Å². The summed E-state index contributed by atoms with van der Waals surface area (Å²) in [5, 5.41) is 9.47. The largest absolute Gasteiger partial charge is 0.497 e. The van der Waals surface area contributed by atoms with Crippen molar-refractivity contribution in [2.45, 2.75) is 19.4 Å². The Balaban J connectivity index is 2.32. The van der Waals surface area contributed by atoms with Gasteiger partial charge in [0.05, 0.1) is 31.1 Å². The summed E-state index contributed by atoms with van der Waals surface area (Å²) in [6.45, 7) is 3.26. The van der Waals surface area contributed by atoms with Gasteiger partial charge in [-0.3, -0.25) is 0 Å². The van der Waals surface area contributed by atoms with Gasteiger partial charge in [0.25, 0.3) is 0 Å². The lowest BCUT2D eigenvalue weighted by atomic mass is 10.0. The molecular formula is C13H20N2O2. The van der Waals surface area contributed by atoms with Gasteiger partial charge in [-0.25, -0.2) is 0 Å². The third-order valence-electron chi connectivity index (χ3n) is 3.62. The van der Waals surface area contributed by atoms with Crippen molar-refractivity contribution in [3.8, 4) is 5.75 Å². The number of aliphatic hydroxyl groups is 1. The maximum Gasteiger partial charge on any atom is 0.121 e. The third kappa shape index (κ3) is 2.17. The number of nitrogens with two attached hydrogens (primary N) is 1. The zero-order chi connectivity index (χ0) is 12.4. The van der Waals surface area contributed by atoms with Crippen molar-refractivity contribution in [3.63, 3.8) is 0 Å². The van der Waals surface area contributed by atoms with Crippen LogP contribution < -0.4 is 15.4 Å². The lowest BCUT2D eigenvalue weighted by Gasteiger charge is -2.28. The lowest BCUT2D eigenvalue weighted by molar-refractivity contribution is 0.245. The van der Waals surface area contributed by atoms with Crippen molar-refractivity contribution < 1.29 is 9.84 Å². The van der Waals surface area contributed by atoms with E-state index >= 15 is 0 Å². The van der Waals surface area contributed by atoms with Crippen molar-refractivity contribution in [1.29, 1.82) is 0 Å². The fourth-order valence-electron chi connectivity index (χ4n) is 2.48. The van der Waals surface area contributed by atoms with E-state index in [1.807, 2.05) is 18.2 Å². The molecule has 0 radical (unpaired) electrons. The summed E-state index contributed by atoms with van der Waals surface area (Å²) in [5.74, 6) is 1.29. The number of methoxy groups -OCH3 is 1. The summed E-state index contributed by atoms with van der Waals surface area (Å²) in [6.07, 6.45) is 1.09. The second kappa shape index (κ2) is 4.84. The summed E-state index contributed by atoms with van der Waals surface area (Å²) in [5.41, 5.74) is 7.71. The van der Waals surface area contributed by atoms with Gasteiger partial charge in [0.15, 0.2) is 0 Å². The van der Waals surface area contributed by atoms with E-state index in [-0.39, 0.29) is 12.6 Å². The van der Waals surface area contributed by atoms with E-state index in [0.29, 0.717) is 5.92 Å². The van der Waals surface area contributed by atoms with E-state index in [4.69, 9.17) is 10.5 Å². The Bertz CT molecular complexity index is 395. The molecule has 4 heteroatoms. The average Bonchev–Trinajstić information content (AvgIpc) is 2.71. The summed E-state index contributed by atoms with van der Waals surface area (Å²) in [7, 11) is 1.64. The number of aliphatic hydroxyl groups excluding tert-OH is 1. The van der Waals surface area contributed by atoms with Crippen LogP contribution in [0.25, 0.3) is 0 Å². The highest BCUT2D eigenvalue weighted by atomic mass is 16.5. The highest BCUT2D eigenvalue weighted by Gasteiger charge is 2.31. The smallest absolute Gasteiger partial charge is 0.121 e. The predicted molar refractivity (Wildman–Crippen MR) is 69.4 cm³/mol. The average molecular weight is 236 g/mol. The van der Waals surface area contributed by atoms with Crippen LogP contribution in [0, 0.1) is 5.92 Å². The van der Waals surface area contributed by atoms with Gasteiger partial charge in [0.1, 0.15) is 5.75 Å². The molecule has 0 spiro atoms. The monoisotopic (exact) mass is 236 g/mol. The van der Waals surface area contributed by atoms with Gasteiger partial charge in [0, 0.05) is 12.6 Å². The first-order valence-electron chi connectivity index (χ1n) is 5.98. The molecule has 94 valence electrons. The maximum absolute atomic E-state index is 9.47. The normalized spacial score (nSPS) is 24.1. The van der Waals surface area contributed by atoms with E-state index in [2.05, 4.69) is 11.8 Å². The Morgan fingerprint density at radius 3 is 2.94 bits per heavy atom. The Labute approximate surface area is 102 Å². The molecule has 1 heterocycles. The van der Waals surface area contributed by atoms with Crippen molar-refractivity contribution in [2.75, 3.05) is 30.9 Å². The quantitative estimate of drug-likeness (QED) is 0.781. The van der Waals surface area contributed by atoms with Crippen LogP contribution >= 0.6 is 0 Å². The topological polar surface area (TPSA) is 58.7 Å². The second-order valence-corrected chi connectivity index (χ2v) is 4.63. The first-order chi connectivity index (χ1) is 8.17. The third-order valence-corrected chi connectivity index (χ3v) is 3.62. The molecule has 0 aromatic heterocycles. The number of hydrogen-bond acceptors (Lipinski definition) is 4. The molecule has 2 unspecified atom stereocenters. The molecule has 0 saturated carbocycles. The van der Waals surface area contributed by atoms with Gasteiger partial charge < -0.3 is 20.5 Å². The van der Waals surface area contributed by atoms with Gasteiger partial charge in [-0.05, 0) is 24.5 Å². The van der Waals surface area contributed by atoms with Crippen LogP contribution in [0.4, 0.5) is 11.4 Å². The Kier molecular flexibility index (Phi) is 3.43. The molecule has 2 atom stereocenters. The van der Waals surface area contributed by atoms with Crippen molar-refractivity contribution in [2.24, 2.45) is 5.92 Å². The fraction of sp³-hybridized carbons (Fsp3) is 0.538. The molecule has 1 saturated heterocycles. The van der Waals surface area contributed by atoms with Crippen molar-refractivity contribution >= 4 is 11.4 Å². The standard InChI is InChI=1S/C13H20N2O2/c1-9-5-6-15(13(9)8-16)12-7-10(17-2)3-4-11(12)14/h3-4,7,9,13,16H,5-6,8,14H2,1-2H3. The van der Waals surface area contributed by atoms with Crippen LogP contribution in [0.15, 0.2) is 18.2 Å². The van der Waals surface area contributed by atoms with Gasteiger partial charge in [-0.2, -0.15) is 0 Å². The number of hydrogen-bond donors (Lipinski definition) is 2. The van der Waals surface area contributed by atoms with Gasteiger partial charge in [-0.15, -0.1) is 0 Å². The van der Waals surface area contributed by atoms with Crippen LogP contribution in [0.3, 0.4) is 0 Å². The molecule has 0 bridgehead atoms. The summed E-state index contributed by atoms with van der Waals surface area (Å²) in [6, 6.07) is 5.80. The molecule has 17 heavy (non-hydrogen) atoms. The minimum absolute atomic E-state index is 0.157. The molecule has 1 fully saturated rings. The molecule has 3 N–H and O–H groups in total. The summed E-state index contributed by atoms with van der Waals surface area (Å²) in [4.78, 5) is 2.18. The molecule has 2 rings (SSSR count). The molecule has 1 aromatic rings. The molecule has 4 nitrogen and oxygen atoms in total. The number of ether oxygens (including phenoxy) is 1. The highest BCUT2D eigenvalue weighted by Crippen LogP contribution is 2.35. The first kappa shape index (κ1) is 12.0. The summed E-state index contributed by atoms with van der Waals surface area (Å²) >= 11 is 0. The predicted octanol–water partition coefficient (Wildman–Crippen LogP) is 1.48. The molecule has 0 amide bonds. The zero-order valence-electron chi connectivity index (χ0n) is 10.4. The number of benzene rings is 1. The second-order valence-electron chi connectivity index (χ2n) is 4.63. The molecule has 1 aromatic carbocycles. The Hall–Kier alpha value is -1.42. The van der Waals surface area contributed by atoms with Crippen molar-refractivity contribution in [3.05, 3.63) is 18.2 Å². The van der Waals surface area contributed by atoms with Crippen LogP contribution in [-0.4, -0.2) is 31.4 Å². The number of nitrogens with zero attached hydrogens (tertiary/aromatic N) is 1. The number of rotatable bonds is 3. The molecule has 0 aliphatic carbocycles. The zero-order valence-corrected chi connectivity index (χ0v) is 10.4. The van der Waals surface area contributed by atoms with Gasteiger partial charge in [0.2, 0.25) is 0 Å². The van der Waals surface area contributed by atoms with Crippen LogP contribution in [-0.2, 0) is 0 Å².